The van der Waals surface area contributed by atoms with Crippen molar-refractivity contribution in [3.63, 3.8) is 0 Å². The maximum atomic E-state index is 11.8. The Labute approximate surface area is 166 Å². The Morgan fingerprint density at radius 1 is 0.931 bits per heavy atom. The van der Waals surface area contributed by atoms with Crippen molar-refractivity contribution in [3.8, 4) is 0 Å². The average molecular weight is 424 g/mol. The summed E-state index contributed by atoms with van der Waals surface area (Å²) in [5.41, 5.74) is 0. The first-order valence-electron chi connectivity index (χ1n) is 8.66. The fourth-order valence-corrected chi connectivity index (χ4v) is 2.31. The molecule has 0 aromatic rings. The van der Waals surface area contributed by atoms with E-state index in [2.05, 4.69) is 5.32 Å². The van der Waals surface area contributed by atoms with Crippen molar-refractivity contribution in [2.24, 2.45) is 0 Å². The smallest absolute Gasteiger partial charge is 0.320 e. The Bertz CT molecular complexity index is 527. The largest absolute Gasteiger partial charge is 0.480 e. The number of aliphatic hydroxyl groups is 2. The van der Waals surface area contributed by atoms with Crippen molar-refractivity contribution in [3.05, 3.63) is 0 Å². The van der Waals surface area contributed by atoms with Gasteiger partial charge in [-0.2, -0.15) is 0 Å². The van der Waals surface area contributed by atoms with Gasteiger partial charge < -0.3 is 40.3 Å². The molecule has 0 radical (unpaired) electrons. The van der Waals surface area contributed by atoms with E-state index in [1.54, 1.807) is 0 Å². The third kappa shape index (κ3) is 13.5. The number of hydrogen-bond donors (Lipinski definition) is 6. The van der Waals surface area contributed by atoms with Gasteiger partial charge in [0.1, 0.15) is 12.1 Å². The summed E-state index contributed by atoms with van der Waals surface area (Å²) in [6.07, 6.45) is -2.57. The minimum atomic E-state index is -1.48. The van der Waals surface area contributed by atoms with E-state index in [1.807, 2.05) is 0 Å². The molecule has 3 atom stereocenters. The number of carbonyl (C=O) groups excluding carboxylic acids is 1. The van der Waals surface area contributed by atoms with E-state index in [0.717, 1.165) is 4.90 Å². The predicted molar refractivity (Wildman–Crippen MR) is 95.2 cm³/mol. The van der Waals surface area contributed by atoms with Crippen LogP contribution < -0.4 is 5.32 Å². The quantitative estimate of drug-likeness (QED) is 0.140. The molecule has 0 rings (SSSR count). The van der Waals surface area contributed by atoms with Gasteiger partial charge in [-0.1, -0.05) is 0 Å². The normalized spacial score (nSPS) is 14.2. The van der Waals surface area contributed by atoms with Crippen molar-refractivity contribution in [2.75, 3.05) is 46.6 Å². The molecule has 3 unspecified atom stereocenters. The van der Waals surface area contributed by atoms with Crippen molar-refractivity contribution >= 4 is 23.8 Å². The highest BCUT2D eigenvalue weighted by Gasteiger charge is 2.29. The van der Waals surface area contributed by atoms with Crippen LogP contribution in [0.25, 0.3) is 0 Å². The van der Waals surface area contributed by atoms with E-state index in [-0.39, 0.29) is 39.2 Å². The number of amides is 1. The minimum absolute atomic E-state index is 0.0673. The van der Waals surface area contributed by atoms with E-state index < -0.39 is 55.2 Å². The lowest BCUT2D eigenvalue weighted by molar-refractivity contribution is -0.149. The third-order valence-corrected chi connectivity index (χ3v) is 3.56. The second kappa shape index (κ2) is 14.6. The molecule has 0 aliphatic rings. The molecule has 0 heterocycles. The molecule has 13 heteroatoms. The standard InChI is InChI=1S/C16H28N2O11/c1-28-7-11(20)9-29-8-10(19)4-17-13(21)3-2-12(16(26)27)18(5-14(22)23)6-15(24)25/h10-12,19-20H,2-9H2,1H3,(H,17,21)(H,22,23)(H,24,25)(H,26,27). The number of aliphatic hydroxyl groups excluding tert-OH is 2. The van der Waals surface area contributed by atoms with Crippen LogP contribution in [0.15, 0.2) is 0 Å². The molecule has 0 saturated carbocycles. The van der Waals surface area contributed by atoms with Gasteiger partial charge in [0.05, 0.1) is 39.0 Å². The van der Waals surface area contributed by atoms with Crippen LogP contribution in [0.3, 0.4) is 0 Å². The number of aliphatic carboxylic acids is 3. The molecule has 0 aromatic carbocycles. The number of carboxylic acid groups (broad SMARTS) is 3. The molecule has 0 bridgehead atoms. The Morgan fingerprint density at radius 2 is 1.48 bits per heavy atom. The highest BCUT2D eigenvalue weighted by molar-refractivity contribution is 5.80. The molecular formula is C16H28N2O11. The van der Waals surface area contributed by atoms with Crippen LogP contribution in [-0.4, -0.2) is 119 Å². The summed E-state index contributed by atoms with van der Waals surface area (Å²) in [6.45, 7) is -1.97. The zero-order chi connectivity index (χ0) is 22.4. The molecule has 0 spiro atoms. The molecule has 0 aromatic heterocycles. The minimum Gasteiger partial charge on any atom is -0.480 e. The van der Waals surface area contributed by atoms with Gasteiger partial charge in [0.25, 0.3) is 0 Å². The van der Waals surface area contributed by atoms with Gasteiger partial charge in [0, 0.05) is 20.1 Å². The van der Waals surface area contributed by atoms with Gasteiger partial charge in [-0.25, -0.2) is 0 Å². The maximum Gasteiger partial charge on any atom is 0.320 e. The second-order valence-corrected chi connectivity index (χ2v) is 6.19. The summed E-state index contributed by atoms with van der Waals surface area (Å²) < 4.78 is 9.75. The molecule has 0 saturated heterocycles. The number of rotatable bonds is 17. The number of carboxylic acids is 3. The maximum absolute atomic E-state index is 11.8. The van der Waals surface area contributed by atoms with E-state index >= 15 is 0 Å². The van der Waals surface area contributed by atoms with Crippen LogP contribution in [0.1, 0.15) is 12.8 Å². The molecule has 0 aliphatic carbocycles. The predicted octanol–water partition coefficient (Wildman–Crippen LogP) is -2.81. The lowest BCUT2D eigenvalue weighted by Gasteiger charge is -2.25. The monoisotopic (exact) mass is 424 g/mol. The number of nitrogens with one attached hydrogen (secondary N) is 1. The Kier molecular flexibility index (Phi) is 13.5. The zero-order valence-electron chi connectivity index (χ0n) is 16.0. The molecule has 1 amide bonds. The van der Waals surface area contributed by atoms with Crippen molar-refractivity contribution in [1.82, 2.24) is 10.2 Å². The van der Waals surface area contributed by atoms with E-state index in [1.165, 1.54) is 7.11 Å². The van der Waals surface area contributed by atoms with Crippen LogP contribution >= 0.6 is 0 Å². The van der Waals surface area contributed by atoms with Crippen molar-refractivity contribution in [1.29, 1.82) is 0 Å². The Hall–Kier alpha value is -2.32. The first kappa shape index (κ1) is 26.7. The van der Waals surface area contributed by atoms with E-state index in [9.17, 15) is 34.5 Å². The molecule has 13 nitrogen and oxygen atoms in total. The molecule has 6 N–H and O–H groups in total. The van der Waals surface area contributed by atoms with Gasteiger partial charge in [0.2, 0.25) is 5.91 Å². The highest BCUT2D eigenvalue weighted by atomic mass is 16.5. The molecule has 0 aliphatic heterocycles. The second-order valence-electron chi connectivity index (χ2n) is 6.19. The summed E-state index contributed by atoms with van der Waals surface area (Å²) in [7, 11) is 1.41. The van der Waals surface area contributed by atoms with E-state index in [0.29, 0.717) is 0 Å². The fraction of sp³-hybridized carbons (Fsp3) is 0.750. The fourth-order valence-electron chi connectivity index (χ4n) is 2.31. The van der Waals surface area contributed by atoms with Gasteiger partial charge in [-0.15, -0.1) is 0 Å². The number of hydrogen-bond acceptors (Lipinski definition) is 9. The van der Waals surface area contributed by atoms with Crippen LogP contribution in [0.4, 0.5) is 0 Å². The summed E-state index contributed by atoms with van der Waals surface area (Å²) >= 11 is 0. The molecular weight excluding hydrogens is 396 g/mol. The van der Waals surface area contributed by atoms with Gasteiger partial charge in [-0.05, 0) is 6.42 Å². The summed E-state index contributed by atoms with van der Waals surface area (Å²) in [6, 6.07) is -1.48. The first-order chi connectivity index (χ1) is 13.6. The molecule has 168 valence electrons. The number of carbonyl (C=O) groups is 4. The molecule has 29 heavy (non-hydrogen) atoms. The summed E-state index contributed by atoms with van der Waals surface area (Å²) in [4.78, 5) is 45.6. The third-order valence-electron chi connectivity index (χ3n) is 3.56. The first-order valence-corrected chi connectivity index (χ1v) is 8.66. The van der Waals surface area contributed by atoms with Gasteiger partial charge in [-0.3, -0.25) is 24.1 Å². The highest BCUT2D eigenvalue weighted by Crippen LogP contribution is 2.08. The Morgan fingerprint density at radius 3 is 1.97 bits per heavy atom. The van der Waals surface area contributed by atoms with E-state index in [4.69, 9.17) is 19.7 Å². The SMILES string of the molecule is COCC(O)COCC(O)CNC(=O)CCC(C(=O)O)N(CC(=O)O)CC(=O)O. The number of methoxy groups -OCH3 is 1. The van der Waals surface area contributed by atoms with Crippen LogP contribution in [-0.2, 0) is 28.7 Å². The van der Waals surface area contributed by atoms with Crippen LogP contribution in [0.5, 0.6) is 0 Å². The van der Waals surface area contributed by atoms with Crippen molar-refractivity contribution in [2.45, 2.75) is 31.1 Å². The van der Waals surface area contributed by atoms with Gasteiger partial charge >= 0.3 is 17.9 Å². The number of ether oxygens (including phenoxy) is 2. The van der Waals surface area contributed by atoms with Crippen molar-refractivity contribution < 1.29 is 54.2 Å². The topological polar surface area (TPSA) is 203 Å². The summed E-state index contributed by atoms with van der Waals surface area (Å²) in [5, 5.41) is 48.3. The summed E-state index contributed by atoms with van der Waals surface area (Å²) in [5.74, 6) is -4.87. The number of nitrogens with zero attached hydrogens (tertiary/aromatic N) is 1. The average Bonchev–Trinajstić information content (AvgIpc) is 2.58. The lowest BCUT2D eigenvalue weighted by atomic mass is 10.1. The zero-order valence-corrected chi connectivity index (χ0v) is 16.0. The van der Waals surface area contributed by atoms with Crippen LogP contribution in [0, 0.1) is 0 Å². The lowest BCUT2D eigenvalue weighted by Crippen LogP contribution is -2.47. The van der Waals surface area contributed by atoms with Gasteiger partial charge in [0.15, 0.2) is 0 Å². The Balaban J connectivity index is 4.42. The van der Waals surface area contributed by atoms with Crippen LogP contribution in [0.2, 0.25) is 0 Å². The molecule has 0 fully saturated rings.